The predicted molar refractivity (Wildman–Crippen MR) is 81.5 cm³/mol. The van der Waals surface area contributed by atoms with Gasteiger partial charge in [0, 0.05) is 17.3 Å². The van der Waals surface area contributed by atoms with E-state index in [1.54, 1.807) is 6.26 Å². The van der Waals surface area contributed by atoms with Crippen LogP contribution in [0.2, 0.25) is 0 Å². The summed E-state index contributed by atoms with van der Waals surface area (Å²) in [6.07, 6.45) is 3.67. The third-order valence-electron chi connectivity index (χ3n) is 3.22. The number of carbonyl (C=O) groups excluding carboxylic acids is 1. The van der Waals surface area contributed by atoms with Gasteiger partial charge in [0.05, 0.1) is 17.3 Å². The van der Waals surface area contributed by atoms with E-state index in [2.05, 4.69) is 26.6 Å². The first-order valence-corrected chi connectivity index (χ1v) is 7.38. The van der Waals surface area contributed by atoms with Crippen molar-refractivity contribution < 1.29 is 9.21 Å². The molecule has 1 fully saturated rings. The highest BCUT2D eigenvalue weighted by molar-refractivity contribution is 9.10. The molecular weight excluding hydrogens is 320 g/mol. The summed E-state index contributed by atoms with van der Waals surface area (Å²) in [7, 11) is 0. The number of amides is 1. The summed E-state index contributed by atoms with van der Waals surface area (Å²) in [4.78, 5) is 11.7. The van der Waals surface area contributed by atoms with Crippen molar-refractivity contribution in [3.8, 4) is 0 Å². The molecule has 104 valence electrons. The van der Waals surface area contributed by atoms with Crippen LogP contribution < -0.4 is 10.6 Å². The minimum atomic E-state index is 0.121. The van der Waals surface area contributed by atoms with E-state index in [1.165, 1.54) is 0 Å². The highest BCUT2D eigenvalue weighted by Crippen LogP contribution is 2.30. The van der Waals surface area contributed by atoms with Crippen molar-refractivity contribution in [3.63, 3.8) is 0 Å². The van der Waals surface area contributed by atoms with E-state index in [-0.39, 0.29) is 11.8 Å². The maximum absolute atomic E-state index is 11.7. The van der Waals surface area contributed by atoms with Crippen LogP contribution in [0, 0.1) is 5.92 Å². The Morgan fingerprint density at radius 1 is 1.30 bits per heavy atom. The average Bonchev–Trinajstić information content (AvgIpc) is 3.21. The summed E-state index contributed by atoms with van der Waals surface area (Å²) < 4.78 is 6.29. The molecule has 2 N–H and O–H groups in total. The number of halogens is 1. The third-order valence-corrected chi connectivity index (χ3v) is 3.93. The average molecular weight is 335 g/mol. The maximum atomic E-state index is 11.7. The summed E-state index contributed by atoms with van der Waals surface area (Å²) in [5, 5.41) is 6.21. The van der Waals surface area contributed by atoms with Crippen molar-refractivity contribution in [1.29, 1.82) is 0 Å². The molecule has 0 spiro atoms. The van der Waals surface area contributed by atoms with Gasteiger partial charge in [0.25, 0.3) is 0 Å². The lowest BCUT2D eigenvalue weighted by atomic mass is 10.2. The third kappa shape index (κ3) is 3.22. The van der Waals surface area contributed by atoms with Gasteiger partial charge in [-0.15, -0.1) is 0 Å². The van der Waals surface area contributed by atoms with Gasteiger partial charge < -0.3 is 15.1 Å². The van der Waals surface area contributed by atoms with Crippen molar-refractivity contribution in [1.82, 2.24) is 0 Å². The molecular formula is C15H15BrN2O2. The van der Waals surface area contributed by atoms with E-state index in [9.17, 15) is 4.79 Å². The summed E-state index contributed by atoms with van der Waals surface area (Å²) >= 11 is 3.42. The fraction of sp³-hybridized carbons (Fsp3) is 0.267. The fourth-order valence-corrected chi connectivity index (χ4v) is 2.27. The zero-order chi connectivity index (χ0) is 13.9. The van der Waals surface area contributed by atoms with Crippen molar-refractivity contribution in [3.05, 3.63) is 46.8 Å². The second-order valence-electron chi connectivity index (χ2n) is 4.89. The molecule has 0 radical (unpaired) electrons. The summed E-state index contributed by atoms with van der Waals surface area (Å²) in [5.41, 5.74) is 1.77. The largest absolute Gasteiger partial charge is 0.466 e. The first-order valence-electron chi connectivity index (χ1n) is 6.59. The lowest BCUT2D eigenvalue weighted by molar-refractivity contribution is -0.117. The minimum absolute atomic E-state index is 0.121. The van der Waals surface area contributed by atoms with Gasteiger partial charge in [-0.1, -0.05) is 6.07 Å². The van der Waals surface area contributed by atoms with E-state index < -0.39 is 0 Å². The molecule has 1 heterocycles. The lowest BCUT2D eigenvalue weighted by Gasteiger charge is -2.08. The maximum Gasteiger partial charge on any atom is 0.227 e. The number of benzene rings is 1. The first kappa shape index (κ1) is 13.2. The van der Waals surface area contributed by atoms with Gasteiger partial charge in [0.15, 0.2) is 0 Å². The molecule has 0 bridgehead atoms. The number of hydrogen-bond acceptors (Lipinski definition) is 3. The molecule has 0 atom stereocenters. The molecule has 2 aromatic rings. The molecule has 3 rings (SSSR count). The van der Waals surface area contributed by atoms with Crippen LogP contribution in [0.15, 0.2) is 45.5 Å². The molecule has 0 aliphatic heterocycles. The SMILES string of the molecule is O=C(Nc1cccc(NCc2occc2Br)c1)C1CC1. The second-order valence-corrected chi connectivity index (χ2v) is 5.74. The number of carbonyl (C=O) groups is 1. The van der Waals surface area contributed by atoms with E-state index in [0.717, 1.165) is 34.4 Å². The quantitative estimate of drug-likeness (QED) is 0.868. The lowest BCUT2D eigenvalue weighted by Crippen LogP contribution is -2.13. The van der Waals surface area contributed by atoms with Crippen LogP contribution in [0.1, 0.15) is 18.6 Å². The van der Waals surface area contributed by atoms with E-state index >= 15 is 0 Å². The minimum Gasteiger partial charge on any atom is -0.466 e. The zero-order valence-corrected chi connectivity index (χ0v) is 12.4. The van der Waals surface area contributed by atoms with E-state index in [4.69, 9.17) is 4.42 Å². The van der Waals surface area contributed by atoms with Crippen molar-refractivity contribution in [2.75, 3.05) is 10.6 Å². The topological polar surface area (TPSA) is 54.3 Å². The highest BCUT2D eigenvalue weighted by atomic mass is 79.9. The number of hydrogen-bond donors (Lipinski definition) is 2. The van der Waals surface area contributed by atoms with Crippen LogP contribution in [0.4, 0.5) is 11.4 Å². The van der Waals surface area contributed by atoms with Gasteiger partial charge >= 0.3 is 0 Å². The van der Waals surface area contributed by atoms with Crippen LogP contribution in [0.25, 0.3) is 0 Å². The van der Waals surface area contributed by atoms with Gasteiger partial charge in [-0.05, 0) is 53.0 Å². The van der Waals surface area contributed by atoms with Gasteiger partial charge in [0.2, 0.25) is 5.91 Å². The zero-order valence-electron chi connectivity index (χ0n) is 10.9. The van der Waals surface area contributed by atoms with E-state index in [1.807, 2.05) is 30.3 Å². The molecule has 1 aromatic heterocycles. The molecule has 1 saturated carbocycles. The smallest absolute Gasteiger partial charge is 0.227 e. The molecule has 20 heavy (non-hydrogen) atoms. The van der Waals surface area contributed by atoms with Crippen LogP contribution >= 0.6 is 15.9 Å². The molecule has 4 nitrogen and oxygen atoms in total. The van der Waals surface area contributed by atoms with Crippen LogP contribution in [0.5, 0.6) is 0 Å². The van der Waals surface area contributed by atoms with Gasteiger partial charge in [-0.2, -0.15) is 0 Å². The number of furan rings is 1. The van der Waals surface area contributed by atoms with Crippen LogP contribution in [-0.4, -0.2) is 5.91 Å². The normalized spacial score (nSPS) is 14.1. The summed E-state index contributed by atoms with van der Waals surface area (Å²) in [5.74, 6) is 1.18. The second kappa shape index (κ2) is 5.71. The molecule has 1 amide bonds. The molecule has 5 heteroatoms. The van der Waals surface area contributed by atoms with Crippen molar-refractivity contribution >= 4 is 33.2 Å². The van der Waals surface area contributed by atoms with Crippen molar-refractivity contribution in [2.45, 2.75) is 19.4 Å². The van der Waals surface area contributed by atoms with Crippen molar-refractivity contribution in [2.24, 2.45) is 5.92 Å². The standard InChI is InChI=1S/C15H15BrN2O2/c16-13-6-7-20-14(13)9-17-11-2-1-3-12(8-11)18-15(19)10-4-5-10/h1-3,6-8,10,17H,4-5,9H2,(H,18,19). The Kier molecular flexibility index (Phi) is 3.78. The molecule has 0 unspecified atom stereocenters. The highest BCUT2D eigenvalue weighted by Gasteiger charge is 2.29. The Morgan fingerprint density at radius 2 is 2.10 bits per heavy atom. The first-order chi connectivity index (χ1) is 9.72. The molecule has 1 aliphatic carbocycles. The number of anilines is 2. The summed E-state index contributed by atoms with van der Waals surface area (Å²) in [6, 6.07) is 9.57. The predicted octanol–water partition coefficient (Wildman–Crippen LogP) is 4.00. The van der Waals surface area contributed by atoms with Crippen LogP contribution in [-0.2, 0) is 11.3 Å². The Bertz CT molecular complexity index is 620. The Labute approximate surface area is 125 Å². The monoisotopic (exact) mass is 334 g/mol. The Hall–Kier alpha value is -1.75. The number of rotatable bonds is 5. The van der Waals surface area contributed by atoms with Gasteiger partial charge in [-0.3, -0.25) is 4.79 Å². The molecule has 1 aliphatic rings. The number of nitrogens with one attached hydrogen (secondary N) is 2. The molecule has 0 saturated heterocycles. The van der Waals surface area contributed by atoms with E-state index in [0.29, 0.717) is 6.54 Å². The Morgan fingerprint density at radius 3 is 2.80 bits per heavy atom. The fourth-order valence-electron chi connectivity index (χ4n) is 1.93. The van der Waals surface area contributed by atoms with Gasteiger partial charge in [-0.25, -0.2) is 0 Å². The summed E-state index contributed by atoms with van der Waals surface area (Å²) in [6.45, 7) is 0.591. The van der Waals surface area contributed by atoms with Crippen LogP contribution in [0.3, 0.4) is 0 Å². The van der Waals surface area contributed by atoms with Gasteiger partial charge in [0.1, 0.15) is 5.76 Å². The molecule has 1 aromatic carbocycles. The Balaban J connectivity index is 1.62.